The molecule has 0 bridgehead atoms. The first-order valence-corrected chi connectivity index (χ1v) is 11.0. The van der Waals surface area contributed by atoms with Gasteiger partial charge in [0.1, 0.15) is 0 Å². The van der Waals surface area contributed by atoms with Crippen LogP contribution in [0.5, 0.6) is 0 Å². The van der Waals surface area contributed by atoms with Crippen LogP contribution in [0.15, 0.2) is 18.2 Å². The van der Waals surface area contributed by atoms with E-state index in [0.29, 0.717) is 22.4 Å². The Bertz CT molecular complexity index is 989. The molecule has 3 aromatic rings. The van der Waals surface area contributed by atoms with Crippen molar-refractivity contribution in [3.05, 3.63) is 40.2 Å². The van der Waals surface area contributed by atoms with Gasteiger partial charge in [-0.15, -0.1) is 12.4 Å². The second-order valence-electron chi connectivity index (χ2n) is 7.86. The third kappa shape index (κ3) is 5.14. The zero-order valence-corrected chi connectivity index (χ0v) is 20.7. The number of aromatic nitrogens is 3. The van der Waals surface area contributed by atoms with Crippen LogP contribution in [-0.2, 0) is 0 Å². The first-order chi connectivity index (χ1) is 13.7. The van der Waals surface area contributed by atoms with E-state index in [1.54, 1.807) is 4.90 Å². The molecule has 0 radical (unpaired) electrons. The topological polar surface area (TPSA) is 54.3 Å². The fourth-order valence-corrected chi connectivity index (χ4v) is 4.63. The van der Waals surface area contributed by atoms with Gasteiger partial charge >= 0.3 is 0 Å². The first kappa shape index (κ1) is 24.6. The predicted molar refractivity (Wildman–Crippen MR) is 129 cm³/mol. The number of amides is 1. The lowest BCUT2D eigenvalue weighted by atomic mass is 10.2. The minimum absolute atomic E-state index is 0. The molecule has 0 saturated carbocycles. The Kier molecular flexibility index (Phi) is 8.27. The summed E-state index contributed by atoms with van der Waals surface area (Å²) in [7, 11) is 4.06. The van der Waals surface area contributed by atoms with Crippen molar-refractivity contribution in [2.45, 2.75) is 40.2 Å². The molecule has 0 aliphatic carbocycles. The van der Waals surface area contributed by atoms with Gasteiger partial charge in [-0.2, -0.15) is 5.10 Å². The number of benzene rings is 1. The average Bonchev–Trinajstić information content (AvgIpc) is 3.26. The van der Waals surface area contributed by atoms with Crippen molar-refractivity contribution in [2.24, 2.45) is 0 Å². The van der Waals surface area contributed by atoms with Gasteiger partial charge in [0.05, 0.1) is 15.2 Å². The Morgan fingerprint density at radius 1 is 1.23 bits per heavy atom. The van der Waals surface area contributed by atoms with Crippen LogP contribution in [0.3, 0.4) is 0 Å². The molecule has 2 aromatic heterocycles. The molecule has 0 spiro atoms. The Morgan fingerprint density at radius 2 is 1.93 bits per heavy atom. The van der Waals surface area contributed by atoms with Gasteiger partial charge < -0.3 is 4.90 Å². The number of halogens is 2. The summed E-state index contributed by atoms with van der Waals surface area (Å²) in [4.78, 5) is 22.1. The highest BCUT2D eigenvalue weighted by Gasteiger charge is 2.25. The van der Waals surface area contributed by atoms with E-state index in [9.17, 15) is 4.79 Å². The fraction of sp³-hybridized carbons (Fsp3) is 0.476. The summed E-state index contributed by atoms with van der Waals surface area (Å²) in [5, 5.41) is 5.88. The second-order valence-corrected chi connectivity index (χ2v) is 9.25. The lowest BCUT2D eigenvalue weighted by Crippen LogP contribution is -2.33. The number of hydrogen-bond donors (Lipinski definition) is 0. The standard InChI is InChI=1S/C21H28ClN5OS.ClH/c1-13(2)27-15(4)12-17(24-27)20(28)26(11-7-10-25(5)6)21-23-18-14(3)8-9-16(22)19(18)29-21;/h8-9,12-13H,7,10-11H2,1-6H3;1H. The molecule has 0 aliphatic rings. The van der Waals surface area contributed by atoms with E-state index in [-0.39, 0.29) is 24.4 Å². The summed E-state index contributed by atoms with van der Waals surface area (Å²) in [6, 6.07) is 5.89. The summed E-state index contributed by atoms with van der Waals surface area (Å²) in [6.45, 7) is 9.55. The third-order valence-electron chi connectivity index (χ3n) is 4.78. The molecule has 30 heavy (non-hydrogen) atoms. The Labute approximate surface area is 193 Å². The Hall–Kier alpha value is -1.67. The normalized spacial score (nSPS) is 11.4. The van der Waals surface area contributed by atoms with Crippen LogP contribution in [-0.4, -0.2) is 52.8 Å². The van der Waals surface area contributed by atoms with Crippen molar-refractivity contribution in [3.63, 3.8) is 0 Å². The van der Waals surface area contributed by atoms with E-state index in [4.69, 9.17) is 16.6 Å². The fourth-order valence-electron chi connectivity index (χ4n) is 3.29. The molecule has 1 amide bonds. The maximum Gasteiger partial charge on any atom is 0.280 e. The molecule has 6 nitrogen and oxygen atoms in total. The van der Waals surface area contributed by atoms with Gasteiger partial charge in [-0.25, -0.2) is 4.98 Å². The lowest BCUT2D eigenvalue weighted by Gasteiger charge is -2.20. The highest BCUT2D eigenvalue weighted by Crippen LogP contribution is 2.36. The van der Waals surface area contributed by atoms with Crippen LogP contribution >= 0.6 is 35.3 Å². The molecule has 164 valence electrons. The smallest absolute Gasteiger partial charge is 0.280 e. The zero-order chi connectivity index (χ0) is 21.3. The summed E-state index contributed by atoms with van der Waals surface area (Å²) < 4.78 is 2.79. The van der Waals surface area contributed by atoms with Crippen molar-refractivity contribution in [1.82, 2.24) is 19.7 Å². The average molecular weight is 470 g/mol. The van der Waals surface area contributed by atoms with Gasteiger partial charge in [-0.3, -0.25) is 14.4 Å². The maximum absolute atomic E-state index is 13.4. The molecule has 0 aliphatic heterocycles. The van der Waals surface area contributed by atoms with Gasteiger partial charge in [-0.05, 0) is 72.5 Å². The van der Waals surface area contributed by atoms with Gasteiger partial charge in [0.25, 0.3) is 5.91 Å². The van der Waals surface area contributed by atoms with E-state index in [1.807, 2.05) is 50.8 Å². The molecule has 0 unspecified atom stereocenters. The summed E-state index contributed by atoms with van der Waals surface area (Å²) in [5.41, 5.74) is 3.32. The Balaban J connectivity index is 0.00000320. The van der Waals surface area contributed by atoms with E-state index >= 15 is 0 Å². The van der Waals surface area contributed by atoms with Crippen molar-refractivity contribution < 1.29 is 4.79 Å². The van der Waals surface area contributed by atoms with Gasteiger partial charge in [0.2, 0.25) is 0 Å². The van der Waals surface area contributed by atoms with Crippen molar-refractivity contribution in [1.29, 1.82) is 0 Å². The number of fused-ring (bicyclic) bond motifs is 1. The second kappa shape index (κ2) is 10.1. The molecule has 0 atom stereocenters. The minimum atomic E-state index is -0.126. The van der Waals surface area contributed by atoms with E-state index in [1.165, 1.54) is 11.3 Å². The molecule has 1 aromatic carbocycles. The first-order valence-electron chi connectivity index (χ1n) is 9.77. The van der Waals surface area contributed by atoms with Crippen molar-refractivity contribution in [2.75, 3.05) is 32.1 Å². The largest absolute Gasteiger partial charge is 0.309 e. The monoisotopic (exact) mass is 469 g/mol. The maximum atomic E-state index is 13.4. The SMILES string of the molecule is Cc1ccc(Cl)c2sc(N(CCCN(C)C)C(=O)c3cc(C)n(C(C)C)n3)nc12.Cl. The summed E-state index contributed by atoms with van der Waals surface area (Å²) in [5.74, 6) is -0.126. The van der Waals surface area contributed by atoms with E-state index in [0.717, 1.165) is 34.4 Å². The number of carbonyl (C=O) groups is 1. The minimum Gasteiger partial charge on any atom is -0.309 e. The number of hydrogen-bond acceptors (Lipinski definition) is 5. The molecular formula is C21H29Cl2N5OS. The molecule has 0 N–H and O–H groups in total. The van der Waals surface area contributed by atoms with Crippen LogP contribution in [0.25, 0.3) is 10.2 Å². The van der Waals surface area contributed by atoms with Crippen molar-refractivity contribution in [3.8, 4) is 0 Å². The van der Waals surface area contributed by atoms with Crippen LogP contribution in [0, 0.1) is 13.8 Å². The van der Waals surface area contributed by atoms with Crippen LogP contribution in [0.2, 0.25) is 5.02 Å². The third-order valence-corrected chi connectivity index (χ3v) is 6.32. The predicted octanol–water partition coefficient (Wildman–Crippen LogP) is 5.36. The molecule has 3 rings (SSSR count). The zero-order valence-electron chi connectivity index (χ0n) is 18.3. The number of thiazole rings is 1. The lowest BCUT2D eigenvalue weighted by molar-refractivity contribution is 0.0980. The van der Waals surface area contributed by atoms with Gasteiger partial charge in [0.15, 0.2) is 10.8 Å². The Morgan fingerprint density at radius 3 is 2.50 bits per heavy atom. The molecule has 9 heteroatoms. The highest BCUT2D eigenvalue weighted by molar-refractivity contribution is 7.23. The molecule has 2 heterocycles. The van der Waals surface area contributed by atoms with Gasteiger partial charge in [0, 0.05) is 18.3 Å². The number of carbonyl (C=O) groups excluding carboxylic acids is 1. The van der Waals surface area contributed by atoms with E-state index < -0.39 is 0 Å². The van der Waals surface area contributed by atoms with Crippen LogP contribution in [0.4, 0.5) is 5.13 Å². The molecule has 0 saturated heterocycles. The number of nitrogens with zero attached hydrogens (tertiary/aromatic N) is 5. The van der Waals surface area contributed by atoms with Crippen molar-refractivity contribution >= 4 is 56.6 Å². The van der Waals surface area contributed by atoms with Gasteiger partial charge in [-0.1, -0.05) is 29.0 Å². The summed E-state index contributed by atoms with van der Waals surface area (Å²) in [6.07, 6.45) is 0.839. The van der Waals surface area contributed by atoms with Crippen LogP contribution < -0.4 is 4.90 Å². The molecule has 0 fully saturated rings. The number of anilines is 1. The quantitative estimate of drug-likeness (QED) is 0.466. The molecular weight excluding hydrogens is 441 g/mol. The van der Waals surface area contributed by atoms with E-state index in [2.05, 4.69) is 23.8 Å². The summed E-state index contributed by atoms with van der Waals surface area (Å²) >= 11 is 7.85. The number of rotatable bonds is 7. The number of aryl methyl sites for hydroxylation is 2. The highest BCUT2D eigenvalue weighted by atomic mass is 35.5. The van der Waals surface area contributed by atoms with Crippen LogP contribution in [0.1, 0.15) is 48.1 Å².